The van der Waals surface area contributed by atoms with Crippen LogP contribution in [0.1, 0.15) is 33.9 Å². The van der Waals surface area contributed by atoms with E-state index in [0.717, 1.165) is 11.6 Å². The molecule has 0 bridgehead atoms. The molecule has 1 heterocycles. The van der Waals surface area contributed by atoms with Crippen LogP contribution < -0.4 is 21.5 Å². The van der Waals surface area contributed by atoms with Gasteiger partial charge in [-0.15, -0.1) is 0 Å². The van der Waals surface area contributed by atoms with Gasteiger partial charge < -0.3 is 5.32 Å². The van der Waals surface area contributed by atoms with E-state index in [1.807, 2.05) is 18.2 Å². The number of aliphatic imine (C=N–C) groups is 1. The van der Waals surface area contributed by atoms with Gasteiger partial charge >= 0.3 is 0 Å². The van der Waals surface area contributed by atoms with E-state index >= 15 is 0 Å². The molecule has 2 atom stereocenters. The van der Waals surface area contributed by atoms with Crippen LogP contribution in [0.4, 0.5) is 8.78 Å². The van der Waals surface area contributed by atoms with E-state index < -0.39 is 17.5 Å². The second kappa shape index (κ2) is 11.3. The Morgan fingerprint density at radius 3 is 2.57 bits per heavy atom. The van der Waals surface area contributed by atoms with Gasteiger partial charge in [0.25, 0.3) is 5.91 Å². The molecular weight excluding hydrogens is 519 g/mol. The molecule has 4 N–H and O–H groups in total. The highest BCUT2D eigenvalue weighted by molar-refractivity contribution is 6.31. The highest BCUT2D eigenvalue weighted by atomic mass is 35.5. The lowest BCUT2D eigenvalue weighted by atomic mass is 10.0. The van der Waals surface area contributed by atoms with Crippen LogP contribution in [0.5, 0.6) is 0 Å². The molecule has 2 unspecified atom stereocenters. The summed E-state index contributed by atoms with van der Waals surface area (Å²) in [7, 11) is 0. The Labute approximate surface area is 215 Å². The fraction of sp³-hybridized carbons (Fsp3) is 0.167. The summed E-state index contributed by atoms with van der Waals surface area (Å²) in [5.74, 6) is -1.64. The average molecular weight is 539 g/mol. The van der Waals surface area contributed by atoms with Crippen molar-refractivity contribution in [3.05, 3.63) is 104 Å². The third kappa shape index (κ3) is 6.68. The van der Waals surface area contributed by atoms with E-state index in [0.29, 0.717) is 17.0 Å². The van der Waals surface area contributed by atoms with Crippen LogP contribution in [0, 0.1) is 11.6 Å². The summed E-state index contributed by atoms with van der Waals surface area (Å²) in [5.41, 5.74) is 7.91. The van der Waals surface area contributed by atoms with Crippen molar-refractivity contribution >= 4 is 46.7 Å². The van der Waals surface area contributed by atoms with Gasteiger partial charge in [0.15, 0.2) is 5.96 Å². The van der Waals surface area contributed by atoms with E-state index in [1.54, 1.807) is 6.07 Å². The van der Waals surface area contributed by atoms with E-state index in [4.69, 9.17) is 34.8 Å². The second-order valence-corrected chi connectivity index (χ2v) is 9.06. The van der Waals surface area contributed by atoms with Crippen LogP contribution in [-0.4, -0.2) is 18.0 Å². The fourth-order valence-electron chi connectivity index (χ4n) is 3.51. The zero-order valence-corrected chi connectivity index (χ0v) is 20.4. The number of carbonyl (C=O) groups excluding carboxylic acids is 1. The number of benzene rings is 3. The minimum atomic E-state index is -0.713. The SMILES string of the molecule is O=C(NC(=NCc1ccc(F)cc1Cl)NC1CC(c2cccc(Cl)c2)NN1)c1ccc(Cl)c(F)c1. The number of guanidine groups is 1. The number of amides is 1. The van der Waals surface area contributed by atoms with Gasteiger partial charge in [-0.2, -0.15) is 0 Å². The molecule has 0 radical (unpaired) electrons. The molecule has 182 valence electrons. The standard InChI is InChI=1S/C24H20Cl3F2N5O/c25-16-3-1-2-13(8-16)21-11-22(34-33-21)31-24(30-12-15-4-6-17(28)10-19(15)27)32-23(35)14-5-7-18(26)20(29)9-14/h1-10,21-22,33-34H,11-12H2,(H2,30,31,32,35). The Hall–Kier alpha value is -2.75. The van der Waals surface area contributed by atoms with E-state index in [-0.39, 0.29) is 40.3 Å². The molecule has 1 fully saturated rings. The molecule has 35 heavy (non-hydrogen) atoms. The van der Waals surface area contributed by atoms with Crippen LogP contribution in [-0.2, 0) is 6.54 Å². The molecule has 1 amide bonds. The fourth-order valence-corrected chi connectivity index (χ4v) is 4.05. The van der Waals surface area contributed by atoms with Crippen LogP contribution in [0.2, 0.25) is 15.1 Å². The maximum absolute atomic E-state index is 13.9. The van der Waals surface area contributed by atoms with Gasteiger partial charge in [-0.3, -0.25) is 10.1 Å². The van der Waals surface area contributed by atoms with Gasteiger partial charge in [-0.25, -0.2) is 24.6 Å². The minimum Gasteiger partial charge on any atom is -0.339 e. The molecule has 6 nitrogen and oxygen atoms in total. The van der Waals surface area contributed by atoms with Gasteiger partial charge in [0.2, 0.25) is 0 Å². The van der Waals surface area contributed by atoms with Crippen molar-refractivity contribution in [1.82, 2.24) is 21.5 Å². The van der Waals surface area contributed by atoms with Crippen molar-refractivity contribution in [3.63, 3.8) is 0 Å². The molecule has 0 aliphatic carbocycles. The second-order valence-electron chi connectivity index (χ2n) is 7.81. The molecular formula is C24H20Cl3F2N5O. The molecule has 1 saturated heterocycles. The number of hydrazine groups is 1. The molecule has 11 heteroatoms. The molecule has 3 aromatic rings. The lowest BCUT2D eigenvalue weighted by Gasteiger charge is -2.17. The number of nitrogens with one attached hydrogen (secondary N) is 4. The first kappa shape index (κ1) is 25.3. The highest BCUT2D eigenvalue weighted by Gasteiger charge is 2.26. The summed E-state index contributed by atoms with van der Waals surface area (Å²) >= 11 is 17.9. The molecule has 1 aliphatic heterocycles. The summed E-state index contributed by atoms with van der Waals surface area (Å²) in [6, 6.07) is 15.2. The monoisotopic (exact) mass is 537 g/mol. The lowest BCUT2D eigenvalue weighted by molar-refractivity contribution is 0.0975. The first-order valence-corrected chi connectivity index (χ1v) is 11.7. The first-order chi connectivity index (χ1) is 16.8. The number of rotatable bonds is 5. The number of hydrogen-bond donors (Lipinski definition) is 4. The van der Waals surface area contributed by atoms with Crippen LogP contribution in [0.25, 0.3) is 0 Å². The molecule has 3 aromatic carbocycles. The lowest BCUT2D eigenvalue weighted by Crippen LogP contribution is -2.50. The normalized spacial score (nSPS) is 17.9. The summed E-state index contributed by atoms with van der Waals surface area (Å²) in [5, 5.41) is 6.53. The molecule has 0 aromatic heterocycles. The number of halogens is 5. The molecule has 0 saturated carbocycles. The Bertz CT molecular complexity index is 1270. The Morgan fingerprint density at radius 2 is 1.83 bits per heavy atom. The van der Waals surface area contributed by atoms with Gasteiger partial charge in [-0.1, -0.05) is 53.0 Å². The largest absolute Gasteiger partial charge is 0.339 e. The number of carbonyl (C=O) groups is 1. The maximum atomic E-state index is 13.9. The molecule has 0 spiro atoms. The van der Waals surface area contributed by atoms with Crippen molar-refractivity contribution in [2.45, 2.75) is 25.2 Å². The van der Waals surface area contributed by atoms with Gasteiger partial charge in [0, 0.05) is 28.1 Å². The summed E-state index contributed by atoms with van der Waals surface area (Å²) in [6.07, 6.45) is 0.283. The molecule has 4 rings (SSSR count). The summed E-state index contributed by atoms with van der Waals surface area (Å²) < 4.78 is 27.2. The maximum Gasteiger partial charge on any atom is 0.258 e. The van der Waals surface area contributed by atoms with Crippen molar-refractivity contribution in [2.75, 3.05) is 0 Å². The van der Waals surface area contributed by atoms with Gasteiger partial charge in [0.1, 0.15) is 11.6 Å². The summed E-state index contributed by atoms with van der Waals surface area (Å²) in [6.45, 7) is 0.0641. The Balaban J connectivity index is 1.51. The van der Waals surface area contributed by atoms with Crippen molar-refractivity contribution in [3.8, 4) is 0 Å². The quantitative estimate of drug-likeness (QED) is 0.260. The first-order valence-electron chi connectivity index (χ1n) is 10.6. The molecule has 1 aliphatic rings. The predicted octanol–water partition coefficient (Wildman–Crippen LogP) is 5.37. The number of nitrogens with zero attached hydrogens (tertiary/aromatic N) is 1. The van der Waals surface area contributed by atoms with Crippen LogP contribution in [0.15, 0.2) is 65.7 Å². The van der Waals surface area contributed by atoms with Crippen molar-refractivity contribution in [1.29, 1.82) is 0 Å². The Kier molecular flexibility index (Phi) is 8.20. The topological polar surface area (TPSA) is 77.5 Å². The van der Waals surface area contributed by atoms with Gasteiger partial charge in [0.05, 0.1) is 17.7 Å². The van der Waals surface area contributed by atoms with Gasteiger partial charge in [-0.05, 0) is 53.6 Å². The van der Waals surface area contributed by atoms with Crippen molar-refractivity contribution < 1.29 is 13.6 Å². The third-order valence-corrected chi connectivity index (χ3v) is 6.20. The zero-order valence-electron chi connectivity index (χ0n) is 18.1. The summed E-state index contributed by atoms with van der Waals surface area (Å²) in [4.78, 5) is 17.2. The van der Waals surface area contributed by atoms with Crippen molar-refractivity contribution in [2.24, 2.45) is 4.99 Å². The van der Waals surface area contributed by atoms with E-state index in [9.17, 15) is 13.6 Å². The smallest absolute Gasteiger partial charge is 0.258 e. The zero-order chi connectivity index (χ0) is 24.9. The van der Waals surface area contributed by atoms with E-state index in [1.165, 1.54) is 30.3 Å². The minimum absolute atomic E-state index is 0.0416. The highest BCUT2D eigenvalue weighted by Crippen LogP contribution is 2.24. The van der Waals surface area contributed by atoms with Crippen LogP contribution in [0.3, 0.4) is 0 Å². The number of hydrogen-bond acceptors (Lipinski definition) is 4. The van der Waals surface area contributed by atoms with Crippen LogP contribution >= 0.6 is 34.8 Å². The van der Waals surface area contributed by atoms with E-state index in [2.05, 4.69) is 26.5 Å². The predicted molar refractivity (Wildman–Crippen MR) is 133 cm³/mol. The Morgan fingerprint density at radius 1 is 1.00 bits per heavy atom. The average Bonchev–Trinajstić information content (AvgIpc) is 3.28. The third-order valence-electron chi connectivity index (χ3n) is 5.30.